The van der Waals surface area contributed by atoms with E-state index < -0.39 is 0 Å². The van der Waals surface area contributed by atoms with Crippen LogP contribution in [0.25, 0.3) is 11.0 Å². The fourth-order valence-electron chi connectivity index (χ4n) is 3.30. The number of anilines is 1. The Morgan fingerprint density at radius 2 is 1.91 bits per heavy atom. The predicted molar refractivity (Wildman–Crippen MR) is 140 cm³/mol. The molecule has 10 heteroatoms. The molecule has 9 nitrogen and oxygen atoms in total. The Bertz CT molecular complexity index is 1070. The molecule has 0 radical (unpaired) electrons. The van der Waals surface area contributed by atoms with Gasteiger partial charge < -0.3 is 20.1 Å². The van der Waals surface area contributed by atoms with E-state index in [1.807, 2.05) is 19.1 Å². The minimum absolute atomic E-state index is 0.134. The van der Waals surface area contributed by atoms with Crippen LogP contribution in [0.5, 0.6) is 5.75 Å². The van der Waals surface area contributed by atoms with Crippen molar-refractivity contribution in [3.8, 4) is 5.75 Å². The molecule has 0 fully saturated rings. The number of thioether (sulfide) groups is 1. The van der Waals surface area contributed by atoms with Crippen LogP contribution in [-0.4, -0.2) is 63.8 Å². The van der Waals surface area contributed by atoms with Crippen LogP contribution < -0.4 is 15.4 Å². The van der Waals surface area contributed by atoms with Crippen molar-refractivity contribution in [3.05, 3.63) is 36.0 Å². The molecule has 0 aliphatic carbocycles. The molecule has 3 aromatic rings. The van der Waals surface area contributed by atoms with Gasteiger partial charge in [0, 0.05) is 30.5 Å². The number of benzene rings is 1. The molecule has 190 valence electrons. The van der Waals surface area contributed by atoms with Crippen LogP contribution >= 0.6 is 11.8 Å². The summed E-state index contributed by atoms with van der Waals surface area (Å²) in [6.45, 7) is 11.8. The van der Waals surface area contributed by atoms with Crippen molar-refractivity contribution in [1.82, 2.24) is 25.1 Å². The molecule has 1 aromatic carbocycles. The van der Waals surface area contributed by atoms with Crippen LogP contribution in [0.2, 0.25) is 0 Å². The number of rotatable bonds is 15. The highest BCUT2D eigenvalue weighted by molar-refractivity contribution is 7.99. The number of hydrogen-bond donors (Lipinski definition) is 2. The minimum atomic E-state index is -0.134. The van der Waals surface area contributed by atoms with E-state index >= 15 is 0 Å². The maximum absolute atomic E-state index is 12.6. The van der Waals surface area contributed by atoms with Gasteiger partial charge in [-0.2, -0.15) is 5.10 Å². The summed E-state index contributed by atoms with van der Waals surface area (Å²) in [5.74, 6) is 1.39. The number of fused-ring (bicyclic) bond motifs is 1. The van der Waals surface area contributed by atoms with Gasteiger partial charge in [0.25, 0.3) is 5.91 Å². The second-order valence-corrected chi connectivity index (χ2v) is 9.78. The molecule has 2 N–H and O–H groups in total. The zero-order valence-electron chi connectivity index (χ0n) is 21.0. The van der Waals surface area contributed by atoms with Crippen LogP contribution in [-0.2, 0) is 11.3 Å². The molecular weight excluding hydrogens is 464 g/mol. The Morgan fingerprint density at radius 3 is 2.63 bits per heavy atom. The Balaban J connectivity index is 1.63. The first-order valence-corrected chi connectivity index (χ1v) is 13.1. The fourth-order valence-corrected chi connectivity index (χ4v) is 4.00. The summed E-state index contributed by atoms with van der Waals surface area (Å²) in [5, 5.41) is 12.7. The number of nitrogens with one attached hydrogen (secondary N) is 2. The molecule has 0 aliphatic rings. The van der Waals surface area contributed by atoms with Crippen molar-refractivity contribution in [2.75, 3.05) is 38.2 Å². The van der Waals surface area contributed by atoms with Gasteiger partial charge in [0.2, 0.25) is 0 Å². The first-order chi connectivity index (χ1) is 17.0. The summed E-state index contributed by atoms with van der Waals surface area (Å²) in [7, 11) is 0. The Kier molecular flexibility index (Phi) is 10.6. The normalized spacial score (nSPS) is 11.2. The van der Waals surface area contributed by atoms with Crippen LogP contribution in [0, 0.1) is 0 Å². The van der Waals surface area contributed by atoms with Gasteiger partial charge in [0.1, 0.15) is 11.6 Å². The maximum Gasteiger partial charge on any atom is 0.251 e. The molecular formula is C25H36N6O3S. The van der Waals surface area contributed by atoms with Crippen LogP contribution in [0.15, 0.2) is 35.6 Å². The summed E-state index contributed by atoms with van der Waals surface area (Å²) < 4.78 is 12.9. The number of amides is 1. The third-order valence-corrected chi connectivity index (χ3v) is 5.92. The van der Waals surface area contributed by atoms with Crippen molar-refractivity contribution in [2.24, 2.45) is 0 Å². The zero-order valence-corrected chi connectivity index (χ0v) is 21.9. The molecule has 0 saturated heterocycles. The van der Waals surface area contributed by atoms with Gasteiger partial charge in [0.15, 0.2) is 10.8 Å². The second kappa shape index (κ2) is 13.9. The monoisotopic (exact) mass is 500 g/mol. The van der Waals surface area contributed by atoms with Gasteiger partial charge in [-0.25, -0.2) is 14.6 Å². The van der Waals surface area contributed by atoms with Gasteiger partial charge in [-0.1, -0.05) is 39.0 Å². The third-order valence-electron chi connectivity index (χ3n) is 5.05. The number of unbranched alkanes of at least 4 members (excludes halogenated alkanes) is 1. The van der Waals surface area contributed by atoms with Crippen LogP contribution in [0.4, 0.5) is 5.82 Å². The molecule has 0 atom stereocenters. The van der Waals surface area contributed by atoms with E-state index in [9.17, 15) is 4.79 Å². The van der Waals surface area contributed by atoms with Gasteiger partial charge in [-0.15, -0.1) is 0 Å². The Morgan fingerprint density at radius 1 is 1.11 bits per heavy atom. The first-order valence-electron chi connectivity index (χ1n) is 12.2. The number of hydrogen-bond acceptors (Lipinski definition) is 8. The molecule has 0 spiro atoms. The molecule has 2 heterocycles. The average molecular weight is 501 g/mol. The van der Waals surface area contributed by atoms with Gasteiger partial charge in [0.05, 0.1) is 31.3 Å². The number of aromatic nitrogens is 4. The highest BCUT2D eigenvalue weighted by Gasteiger charge is 2.15. The summed E-state index contributed by atoms with van der Waals surface area (Å²) in [5.41, 5.74) is 1.33. The SMILES string of the molecule is CCCCOc1ccc(C(=O)NCCn2ncc3c(NCCOCC)nc(SC(C)C)nc32)cc1. The summed E-state index contributed by atoms with van der Waals surface area (Å²) in [6, 6.07) is 7.22. The molecule has 0 aliphatic heterocycles. The Labute approximate surface area is 211 Å². The van der Waals surface area contributed by atoms with Crippen molar-refractivity contribution in [2.45, 2.75) is 57.5 Å². The van der Waals surface area contributed by atoms with Gasteiger partial charge in [-0.05, 0) is 37.6 Å². The van der Waals surface area contributed by atoms with Gasteiger partial charge in [-0.3, -0.25) is 4.79 Å². The molecule has 35 heavy (non-hydrogen) atoms. The molecule has 0 unspecified atom stereocenters. The smallest absolute Gasteiger partial charge is 0.251 e. The molecule has 0 saturated carbocycles. The van der Waals surface area contributed by atoms with Gasteiger partial charge >= 0.3 is 0 Å². The van der Waals surface area contributed by atoms with Crippen molar-refractivity contribution < 1.29 is 14.3 Å². The number of carbonyl (C=O) groups is 1. The lowest BCUT2D eigenvalue weighted by Crippen LogP contribution is -2.27. The fraction of sp³-hybridized carbons (Fsp3) is 0.520. The van der Waals surface area contributed by atoms with E-state index in [2.05, 4.69) is 41.5 Å². The first kappa shape index (κ1) is 26.7. The Hall–Kier alpha value is -2.85. The van der Waals surface area contributed by atoms with Crippen molar-refractivity contribution in [1.29, 1.82) is 0 Å². The van der Waals surface area contributed by atoms with E-state index in [4.69, 9.17) is 14.5 Å². The number of carbonyl (C=O) groups excluding carboxylic acids is 1. The molecule has 0 bridgehead atoms. The standard InChI is InChI=1S/C25H36N6O3S/c1-5-7-15-34-20-10-8-19(9-11-20)24(32)27-12-14-31-23-21(17-28-31)22(26-13-16-33-6-2)29-25(30-23)35-18(3)4/h8-11,17-18H,5-7,12-16H2,1-4H3,(H,27,32)(H,26,29,30). The second-order valence-electron chi connectivity index (χ2n) is 8.23. The zero-order chi connectivity index (χ0) is 25.0. The van der Waals surface area contributed by atoms with Crippen LogP contribution in [0.3, 0.4) is 0 Å². The molecule has 2 aromatic heterocycles. The lowest BCUT2D eigenvalue weighted by molar-refractivity contribution is 0.0952. The highest BCUT2D eigenvalue weighted by Crippen LogP contribution is 2.26. The minimum Gasteiger partial charge on any atom is -0.494 e. The predicted octanol–water partition coefficient (Wildman–Crippen LogP) is 4.38. The number of ether oxygens (including phenoxy) is 2. The van der Waals surface area contributed by atoms with E-state index in [0.717, 1.165) is 35.4 Å². The van der Waals surface area contributed by atoms with E-state index in [-0.39, 0.29) is 5.91 Å². The lowest BCUT2D eigenvalue weighted by atomic mass is 10.2. The summed E-state index contributed by atoms with van der Waals surface area (Å²) in [4.78, 5) is 22.0. The quantitative estimate of drug-likeness (QED) is 0.180. The number of nitrogens with zero attached hydrogens (tertiary/aromatic N) is 4. The maximum atomic E-state index is 12.6. The average Bonchev–Trinajstić information content (AvgIpc) is 3.25. The molecule has 3 rings (SSSR count). The topological polar surface area (TPSA) is 103 Å². The van der Waals surface area contributed by atoms with E-state index in [1.54, 1.807) is 34.8 Å². The summed E-state index contributed by atoms with van der Waals surface area (Å²) in [6.07, 6.45) is 3.86. The highest BCUT2D eigenvalue weighted by atomic mass is 32.2. The molecule has 1 amide bonds. The third kappa shape index (κ3) is 8.10. The largest absolute Gasteiger partial charge is 0.494 e. The van der Waals surface area contributed by atoms with Crippen molar-refractivity contribution >= 4 is 34.5 Å². The van der Waals surface area contributed by atoms with Crippen LogP contribution in [0.1, 0.15) is 50.9 Å². The van der Waals surface area contributed by atoms with Crippen molar-refractivity contribution in [3.63, 3.8) is 0 Å². The lowest BCUT2D eigenvalue weighted by Gasteiger charge is -2.11. The summed E-state index contributed by atoms with van der Waals surface area (Å²) >= 11 is 1.60. The van der Waals surface area contributed by atoms with E-state index in [1.165, 1.54) is 0 Å². The van der Waals surface area contributed by atoms with E-state index in [0.29, 0.717) is 55.4 Å².